The standard InChI is InChI=1S/C23H28N2O3S/c1-16-10-11-17(2)22(13-16)29(27,28)24-12-6-8-20(15-24)23(26)25-18(3)14-19-7-4-5-9-21(19)25/h4-5,7,9-11,13,18,20H,6,8,12,14-15H2,1-3H3/t18-,20-/m0/s1. The second kappa shape index (κ2) is 7.58. The zero-order valence-corrected chi connectivity index (χ0v) is 18.1. The highest BCUT2D eigenvalue weighted by atomic mass is 32.2. The van der Waals surface area contributed by atoms with Crippen LogP contribution < -0.4 is 4.90 Å². The molecule has 2 aliphatic heterocycles. The second-order valence-electron chi connectivity index (χ2n) is 8.36. The Morgan fingerprint density at radius 2 is 1.86 bits per heavy atom. The Hall–Kier alpha value is -2.18. The Kier molecular flexibility index (Phi) is 5.25. The fourth-order valence-electron chi connectivity index (χ4n) is 4.58. The maximum Gasteiger partial charge on any atom is 0.243 e. The molecule has 1 fully saturated rings. The van der Waals surface area contributed by atoms with E-state index in [1.54, 1.807) is 6.07 Å². The van der Waals surface area contributed by atoms with Crippen molar-refractivity contribution < 1.29 is 13.2 Å². The number of anilines is 1. The zero-order chi connectivity index (χ0) is 20.8. The second-order valence-corrected chi connectivity index (χ2v) is 10.3. The fraction of sp³-hybridized carbons (Fsp3) is 0.435. The van der Waals surface area contributed by atoms with Crippen LogP contribution >= 0.6 is 0 Å². The molecule has 0 radical (unpaired) electrons. The van der Waals surface area contributed by atoms with E-state index in [2.05, 4.69) is 13.0 Å². The van der Waals surface area contributed by atoms with Crippen molar-refractivity contribution >= 4 is 21.6 Å². The summed E-state index contributed by atoms with van der Waals surface area (Å²) in [6.07, 6.45) is 2.27. The van der Waals surface area contributed by atoms with Crippen molar-refractivity contribution in [3.05, 3.63) is 59.2 Å². The first-order valence-corrected chi connectivity index (χ1v) is 11.7. The first-order valence-electron chi connectivity index (χ1n) is 10.3. The number of sulfonamides is 1. The highest BCUT2D eigenvalue weighted by Gasteiger charge is 2.39. The van der Waals surface area contributed by atoms with Crippen molar-refractivity contribution in [2.75, 3.05) is 18.0 Å². The van der Waals surface area contributed by atoms with Gasteiger partial charge in [-0.15, -0.1) is 0 Å². The van der Waals surface area contributed by atoms with Gasteiger partial charge in [-0.1, -0.05) is 30.3 Å². The molecular formula is C23H28N2O3S. The van der Waals surface area contributed by atoms with Crippen LogP contribution in [0.1, 0.15) is 36.5 Å². The van der Waals surface area contributed by atoms with Crippen LogP contribution in [0.4, 0.5) is 5.69 Å². The molecule has 1 saturated heterocycles. The lowest BCUT2D eigenvalue weighted by Gasteiger charge is -2.35. The minimum absolute atomic E-state index is 0.0447. The molecule has 2 aromatic rings. The number of rotatable bonds is 3. The number of fused-ring (bicyclic) bond motifs is 1. The Labute approximate surface area is 173 Å². The van der Waals surface area contributed by atoms with Gasteiger partial charge in [0.1, 0.15) is 0 Å². The van der Waals surface area contributed by atoms with Gasteiger partial charge >= 0.3 is 0 Å². The SMILES string of the molecule is Cc1ccc(C)c(S(=O)(=O)N2CCC[C@H](C(=O)N3c4ccccc4C[C@@H]3C)C2)c1. The summed E-state index contributed by atoms with van der Waals surface area (Å²) < 4.78 is 28.1. The minimum Gasteiger partial charge on any atom is -0.309 e. The Morgan fingerprint density at radius 1 is 1.10 bits per heavy atom. The number of hydrogen-bond acceptors (Lipinski definition) is 3. The lowest BCUT2D eigenvalue weighted by molar-refractivity contribution is -0.123. The molecule has 0 aliphatic carbocycles. The number of benzene rings is 2. The first kappa shape index (κ1) is 20.1. The molecule has 1 amide bonds. The Balaban J connectivity index is 1.59. The van der Waals surface area contributed by atoms with Crippen LogP contribution in [0.3, 0.4) is 0 Å². The largest absolute Gasteiger partial charge is 0.309 e. The first-order chi connectivity index (χ1) is 13.8. The Morgan fingerprint density at radius 3 is 2.66 bits per heavy atom. The third-order valence-electron chi connectivity index (χ3n) is 6.14. The predicted octanol–water partition coefficient (Wildman–Crippen LogP) is 3.68. The van der Waals surface area contributed by atoms with Crippen molar-refractivity contribution in [2.45, 2.75) is 51.0 Å². The molecule has 0 aromatic heterocycles. The maximum absolute atomic E-state index is 13.4. The average molecular weight is 413 g/mol. The van der Waals surface area contributed by atoms with Gasteiger partial charge in [0.05, 0.1) is 10.8 Å². The maximum atomic E-state index is 13.4. The van der Waals surface area contributed by atoms with E-state index in [0.29, 0.717) is 17.9 Å². The van der Waals surface area contributed by atoms with Gasteiger partial charge in [-0.2, -0.15) is 4.31 Å². The van der Waals surface area contributed by atoms with Gasteiger partial charge in [0.25, 0.3) is 0 Å². The number of aryl methyl sites for hydroxylation is 2. The van der Waals surface area contributed by atoms with Gasteiger partial charge in [0, 0.05) is 24.8 Å². The van der Waals surface area contributed by atoms with Crippen LogP contribution in [0.25, 0.3) is 0 Å². The predicted molar refractivity (Wildman–Crippen MR) is 114 cm³/mol. The van der Waals surface area contributed by atoms with Crippen molar-refractivity contribution in [3.8, 4) is 0 Å². The lowest BCUT2D eigenvalue weighted by atomic mass is 9.97. The van der Waals surface area contributed by atoms with Crippen LogP contribution in [0.5, 0.6) is 0 Å². The molecule has 4 rings (SSSR count). The van der Waals surface area contributed by atoms with Gasteiger partial charge in [-0.05, 0) is 68.9 Å². The third-order valence-corrected chi connectivity index (χ3v) is 8.15. The van der Waals surface area contributed by atoms with Crippen LogP contribution in [0.2, 0.25) is 0 Å². The lowest BCUT2D eigenvalue weighted by Crippen LogP contribution is -2.48. The number of piperidine rings is 1. The van der Waals surface area contributed by atoms with E-state index in [-0.39, 0.29) is 24.4 Å². The summed E-state index contributed by atoms with van der Waals surface area (Å²) in [5.41, 5.74) is 3.82. The van der Waals surface area contributed by atoms with E-state index in [4.69, 9.17) is 0 Å². The molecule has 0 unspecified atom stereocenters. The summed E-state index contributed by atoms with van der Waals surface area (Å²) in [4.78, 5) is 15.6. The molecule has 0 saturated carbocycles. The van der Waals surface area contributed by atoms with Crippen molar-refractivity contribution in [1.29, 1.82) is 0 Å². The van der Waals surface area contributed by atoms with E-state index in [1.807, 2.05) is 49.1 Å². The normalized spacial score (nSPS) is 22.5. The highest BCUT2D eigenvalue weighted by molar-refractivity contribution is 7.89. The van der Waals surface area contributed by atoms with E-state index in [9.17, 15) is 13.2 Å². The van der Waals surface area contributed by atoms with Gasteiger partial charge in [-0.25, -0.2) is 8.42 Å². The molecule has 0 N–H and O–H groups in total. The molecule has 154 valence electrons. The molecule has 5 nitrogen and oxygen atoms in total. The molecule has 2 aliphatic rings. The molecule has 2 atom stereocenters. The molecule has 0 spiro atoms. The zero-order valence-electron chi connectivity index (χ0n) is 17.3. The Bertz CT molecular complexity index is 1050. The van der Waals surface area contributed by atoms with Gasteiger partial charge in [0.15, 0.2) is 0 Å². The summed E-state index contributed by atoms with van der Waals surface area (Å²) in [6, 6.07) is 13.6. The van der Waals surface area contributed by atoms with Crippen LogP contribution in [0, 0.1) is 19.8 Å². The van der Waals surface area contributed by atoms with Gasteiger partial charge < -0.3 is 4.90 Å². The summed E-state index contributed by atoms with van der Waals surface area (Å²) in [7, 11) is -3.62. The van der Waals surface area contributed by atoms with E-state index >= 15 is 0 Å². The summed E-state index contributed by atoms with van der Waals surface area (Å²) in [5.74, 6) is -0.263. The van der Waals surface area contributed by atoms with Crippen molar-refractivity contribution in [1.82, 2.24) is 4.31 Å². The number of para-hydroxylation sites is 1. The smallest absolute Gasteiger partial charge is 0.243 e. The van der Waals surface area contributed by atoms with Gasteiger partial charge in [0.2, 0.25) is 15.9 Å². The molecular weight excluding hydrogens is 384 g/mol. The highest BCUT2D eigenvalue weighted by Crippen LogP contribution is 2.35. The third kappa shape index (κ3) is 3.60. The average Bonchev–Trinajstić information content (AvgIpc) is 3.05. The van der Waals surface area contributed by atoms with Crippen LogP contribution in [0.15, 0.2) is 47.4 Å². The molecule has 6 heteroatoms. The van der Waals surface area contributed by atoms with Crippen LogP contribution in [-0.4, -0.2) is 37.8 Å². The summed E-state index contributed by atoms with van der Waals surface area (Å²) >= 11 is 0. The fourth-order valence-corrected chi connectivity index (χ4v) is 6.42. The van der Waals surface area contributed by atoms with Crippen LogP contribution in [-0.2, 0) is 21.2 Å². The monoisotopic (exact) mass is 412 g/mol. The molecule has 29 heavy (non-hydrogen) atoms. The number of carbonyl (C=O) groups excluding carboxylic acids is 1. The van der Waals surface area contributed by atoms with E-state index in [0.717, 1.165) is 29.7 Å². The number of carbonyl (C=O) groups is 1. The number of amides is 1. The van der Waals surface area contributed by atoms with E-state index < -0.39 is 10.0 Å². The minimum atomic E-state index is -3.62. The topological polar surface area (TPSA) is 57.7 Å². The quantitative estimate of drug-likeness (QED) is 0.773. The van der Waals surface area contributed by atoms with Gasteiger partial charge in [-0.3, -0.25) is 4.79 Å². The van der Waals surface area contributed by atoms with Crippen molar-refractivity contribution in [2.24, 2.45) is 5.92 Å². The molecule has 2 aromatic carbocycles. The summed E-state index contributed by atoms with van der Waals surface area (Å²) in [6.45, 7) is 6.49. The molecule has 2 heterocycles. The summed E-state index contributed by atoms with van der Waals surface area (Å²) in [5, 5.41) is 0. The van der Waals surface area contributed by atoms with Crippen molar-refractivity contribution in [3.63, 3.8) is 0 Å². The molecule has 0 bridgehead atoms. The number of nitrogens with zero attached hydrogens (tertiary/aromatic N) is 2. The van der Waals surface area contributed by atoms with E-state index in [1.165, 1.54) is 9.87 Å². The number of hydrogen-bond donors (Lipinski definition) is 0.